The molecule has 8 nitrogen and oxygen atoms in total. The lowest BCUT2D eigenvalue weighted by Gasteiger charge is -2.08. The average molecular weight is 419 g/mol. The third kappa shape index (κ3) is 6.40. The minimum Gasteiger partial charge on any atom is -0.489 e. The van der Waals surface area contributed by atoms with Gasteiger partial charge < -0.3 is 9.47 Å². The van der Waals surface area contributed by atoms with E-state index in [2.05, 4.69) is 10.5 Å². The third-order valence-corrected chi connectivity index (χ3v) is 4.29. The third-order valence-electron chi connectivity index (χ3n) is 4.29. The highest BCUT2D eigenvalue weighted by molar-refractivity contribution is 5.99. The van der Waals surface area contributed by atoms with Gasteiger partial charge in [0.15, 0.2) is 12.4 Å². The Labute approximate surface area is 179 Å². The van der Waals surface area contributed by atoms with Crippen molar-refractivity contribution in [2.24, 2.45) is 5.10 Å². The summed E-state index contributed by atoms with van der Waals surface area (Å²) in [5, 5.41) is 15.0. The van der Waals surface area contributed by atoms with Crippen LogP contribution in [0, 0.1) is 10.1 Å². The summed E-state index contributed by atoms with van der Waals surface area (Å²) in [5.41, 5.74) is 4.66. The van der Waals surface area contributed by atoms with Crippen LogP contribution in [0.2, 0.25) is 0 Å². The molecule has 0 spiro atoms. The molecule has 0 aliphatic heterocycles. The molecule has 0 aliphatic rings. The van der Waals surface area contributed by atoms with E-state index >= 15 is 0 Å². The van der Waals surface area contributed by atoms with Crippen molar-refractivity contribution in [1.29, 1.82) is 0 Å². The van der Waals surface area contributed by atoms with Crippen LogP contribution in [0.3, 0.4) is 0 Å². The summed E-state index contributed by atoms with van der Waals surface area (Å²) in [6.45, 7) is 1.83. The van der Waals surface area contributed by atoms with Crippen LogP contribution in [-0.4, -0.2) is 23.1 Å². The number of nitrogens with one attached hydrogen (secondary N) is 1. The van der Waals surface area contributed by atoms with Crippen LogP contribution < -0.4 is 14.9 Å². The number of amides is 1. The minimum atomic E-state index is -0.567. The predicted molar refractivity (Wildman–Crippen MR) is 116 cm³/mol. The van der Waals surface area contributed by atoms with Crippen molar-refractivity contribution < 1.29 is 19.2 Å². The zero-order valence-corrected chi connectivity index (χ0v) is 16.9. The molecule has 0 saturated carbocycles. The standard InChI is InChI=1S/C23H21N3O5/c1-17(19-11-13-20(14-12-19)30-15-18-7-3-2-4-8-18)24-25-23(27)16-31-22-10-6-5-9-21(22)26(28)29/h2-14H,15-16H2,1H3,(H,25,27)/b24-17+. The van der Waals surface area contributed by atoms with E-state index in [1.165, 1.54) is 18.2 Å². The second-order valence-corrected chi connectivity index (χ2v) is 6.54. The molecule has 1 amide bonds. The second kappa shape index (κ2) is 10.5. The van der Waals surface area contributed by atoms with Gasteiger partial charge in [-0.25, -0.2) is 5.43 Å². The minimum absolute atomic E-state index is 0.0226. The van der Waals surface area contributed by atoms with Gasteiger partial charge in [0.1, 0.15) is 12.4 Å². The fourth-order valence-electron chi connectivity index (χ4n) is 2.65. The number of nitrogens with zero attached hydrogens (tertiary/aromatic N) is 2. The van der Waals surface area contributed by atoms with Crippen molar-refractivity contribution in [2.75, 3.05) is 6.61 Å². The molecule has 0 aliphatic carbocycles. The smallest absolute Gasteiger partial charge is 0.310 e. The maximum atomic E-state index is 12.0. The van der Waals surface area contributed by atoms with Crippen LogP contribution in [0.25, 0.3) is 0 Å². The molecule has 1 N–H and O–H groups in total. The van der Waals surface area contributed by atoms with Crippen LogP contribution >= 0.6 is 0 Å². The van der Waals surface area contributed by atoms with E-state index < -0.39 is 17.4 Å². The Kier molecular flexibility index (Phi) is 7.31. The fourth-order valence-corrected chi connectivity index (χ4v) is 2.65. The average Bonchev–Trinajstić information content (AvgIpc) is 2.81. The van der Waals surface area contributed by atoms with Crippen LogP contribution in [0.5, 0.6) is 11.5 Å². The van der Waals surface area contributed by atoms with E-state index in [0.717, 1.165) is 16.9 Å². The van der Waals surface area contributed by atoms with Gasteiger partial charge in [0, 0.05) is 6.07 Å². The number of hydrazone groups is 1. The topological polar surface area (TPSA) is 103 Å². The van der Waals surface area contributed by atoms with Gasteiger partial charge in [-0.05, 0) is 48.4 Å². The van der Waals surface area contributed by atoms with Gasteiger partial charge in [-0.3, -0.25) is 14.9 Å². The molecule has 0 atom stereocenters. The van der Waals surface area contributed by atoms with Gasteiger partial charge in [-0.15, -0.1) is 0 Å². The summed E-state index contributed by atoms with van der Waals surface area (Å²) in [6.07, 6.45) is 0. The Morgan fingerprint density at radius 1 is 0.968 bits per heavy atom. The van der Waals surface area contributed by atoms with Gasteiger partial charge in [0.2, 0.25) is 0 Å². The number of nitro groups is 1. The molecular formula is C23H21N3O5. The Morgan fingerprint density at radius 3 is 2.35 bits per heavy atom. The number of rotatable bonds is 9. The summed E-state index contributed by atoms with van der Waals surface area (Å²) in [4.78, 5) is 22.4. The highest BCUT2D eigenvalue weighted by Crippen LogP contribution is 2.25. The van der Waals surface area contributed by atoms with Gasteiger partial charge in [-0.2, -0.15) is 5.10 Å². The zero-order chi connectivity index (χ0) is 22.1. The number of nitro benzene ring substituents is 1. The van der Waals surface area contributed by atoms with Crippen molar-refractivity contribution in [1.82, 2.24) is 5.43 Å². The molecule has 0 radical (unpaired) electrons. The van der Waals surface area contributed by atoms with Gasteiger partial charge >= 0.3 is 5.69 Å². The number of carbonyl (C=O) groups excluding carboxylic acids is 1. The SMILES string of the molecule is C/C(=N\NC(=O)COc1ccccc1[N+](=O)[O-])c1ccc(OCc2ccccc2)cc1. The number of carbonyl (C=O) groups is 1. The van der Waals surface area contributed by atoms with Crippen molar-refractivity contribution in [2.45, 2.75) is 13.5 Å². The molecule has 3 aromatic carbocycles. The van der Waals surface area contributed by atoms with E-state index in [0.29, 0.717) is 12.3 Å². The normalized spacial score (nSPS) is 10.9. The van der Waals surface area contributed by atoms with Crippen LogP contribution in [0.1, 0.15) is 18.1 Å². The van der Waals surface area contributed by atoms with Crippen LogP contribution in [0.4, 0.5) is 5.69 Å². The van der Waals surface area contributed by atoms with E-state index in [1.54, 1.807) is 13.0 Å². The maximum absolute atomic E-state index is 12.0. The first-order valence-electron chi connectivity index (χ1n) is 9.49. The first-order chi connectivity index (χ1) is 15.0. The number of ether oxygens (including phenoxy) is 2. The molecule has 0 saturated heterocycles. The highest BCUT2D eigenvalue weighted by Gasteiger charge is 2.14. The molecule has 0 fully saturated rings. The Morgan fingerprint density at radius 2 is 1.65 bits per heavy atom. The molecule has 0 aromatic heterocycles. The van der Waals surface area contributed by atoms with E-state index in [4.69, 9.17) is 9.47 Å². The van der Waals surface area contributed by atoms with Crippen molar-refractivity contribution in [3.05, 3.63) is 100 Å². The Hall–Kier alpha value is -4.20. The quantitative estimate of drug-likeness (QED) is 0.320. The summed E-state index contributed by atoms with van der Waals surface area (Å²) in [6, 6.07) is 23.1. The molecule has 0 bridgehead atoms. The molecule has 8 heteroatoms. The lowest BCUT2D eigenvalue weighted by atomic mass is 10.1. The summed E-state index contributed by atoms with van der Waals surface area (Å²) >= 11 is 0. The fraction of sp³-hybridized carbons (Fsp3) is 0.130. The number of para-hydroxylation sites is 2. The molecule has 0 unspecified atom stereocenters. The van der Waals surface area contributed by atoms with E-state index in [-0.39, 0.29) is 11.4 Å². The molecular weight excluding hydrogens is 398 g/mol. The second-order valence-electron chi connectivity index (χ2n) is 6.54. The number of hydrogen-bond acceptors (Lipinski definition) is 6. The number of benzene rings is 3. The molecule has 3 rings (SSSR count). The predicted octanol–water partition coefficient (Wildman–Crippen LogP) is 4.09. The lowest BCUT2D eigenvalue weighted by molar-refractivity contribution is -0.385. The van der Waals surface area contributed by atoms with Gasteiger partial charge in [0.25, 0.3) is 5.91 Å². The van der Waals surface area contributed by atoms with Gasteiger partial charge in [0.05, 0.1) is 10.6 Å². The van der Waals surface area contributed by atoms with Crippen LogP contribution in [-0.2, 0) is 11.4 Å². The highest BCUT2D eigenvalue weighted by atomic mass is 16.6. The Bertz CT molecular complexity index is 1070. The van der Waals surface area contributed by atoms with Crippen molar-refractivity contribution in [3.8, 4) is 11.5 Å². The van der Waals surface area contributed by atoms with Crippen LogP contribution in [0.15, 0.2) is 84.0 Å². The lowest BCUT2D eigenvalue weighted by Crippen LogP contribution is -2.25. The first-order valence-corrected chi connectivity index (χ1v) is 9.49. The van der Waals surface area contributed by atoms with E-state index in [1.807, 2.05) is 54.6 Å². The summed E-state index contributed by atoms with van der Waals surface area (Å²) in [7, 11) is 0. The molecule has 31 heavy (non-hydrogen) atoms. The summed E-state index contributed by atoms with van der Waals surface area (Å²) < 4.78 is 11.0. The monoisotopic (exact) mass is 419 g/mol. The molecule has 0 heterocycles. The van der Waals surface area contributed by atoms with Crippen molar-refractivity contribution in [3.63, 3.8) is 0 Å². The van der Waals surface area contributed by atoms with Gasteiger partial charge in [-0.1, -0.05) is 42.5 Å². The maximum Gasteiger partial charge on any atom is 0.310 e. The largest absolute Gasteiger partial charge is 0.489 e. The Balaban J connectivity index is 1.50. The first kappa shape index (κ1) is 21.5. The number of hydrogen-bond donors (Lipinski definition) is 1. The van der Waals surface area contributed by atoms with E-state index in [9.17, 15) is 14.9 Å². The molecule has 158 valence electrons. The zero-order valence-electron chi connectivity index (χ0n) is 16.9. The molecule has 3 aromatic rings. The van der Waals surface area contributed by atoms with Crippen molar-refractivity contribution >= 4 is 17.3 Å². The summed E-state index contributed by atoms with van der Waals surface area (Å²) in [5.74, 6) is 0.219.